The largest absolute Gasteiger partial charge is 0.381 e. The molecule has 2 atom stereocenters. The molecule has 0 saturated carbocycles. The highest BCUT2D eigenvalue weighted by atomic mass is 19.1. The minimum atomic E-state index is -0.235. The summed E-state index contributed by atoms with van der Waals surface area (Å²) in [6.07, 6.45) is 4.48. The van der Waals surface area contributed by atoms with Gasteiger partial charge < -0.3 is 15.0 Å². The third-order valence-electron chi connectivity index (χ3n) is 3.90. The SMILES string of the molecule is Cc1cc(F)ccc1-n1cncc1C(N)C1CCOC1. The van der Waals surface area contributed by atoms with Gasteiger partial charge in [0.05, 0.1) is 30.9 Å². The van der Waals surface area contributed by atoms with Gasteiger partial charge in [-0.15, -0.1) is 0 Å². The fourth-order valence-electron chi connectivity index (χ4n) is 2.72. The summed E-state index contributed by atoms with van der Waals surface area (Å²) in [5.74, 6) is 0.0765. The van der Waals surface area contributed by atoms with E-state index in [1.54, 1.807) is 18.6 Å². The summed E-state index contributed by atoms with van der Waals surface area (Å²) in [5.41, 5.74) is 9.06. The zero-order valence-corrected chi connectivity index (χ0v) is 11.4. The van der Waals surface area contributed by atoms with Crippen LogP contribution in [0.3, 0.4) is 0 Å². The van der Waals surface area contributed by atoms with E-state index in [-0.39, 0.29) is 11.9 Å². The summed E-state index contributed by atoms with van der Waals surface area (Å²) in [7, 11) is 0. The Balaban J connectivity index is 1.97. The molecule has 0 spiro atoms. The Morgan fingerprint density at radius 3 is 3.05 bits per heavy atom. The van der Waals surface area contributed by atoms with Crippen LogP contribution in [-0.2, 0) is 4.74 Å². The molecule has 1 aromatic carbocycles. The quantitative estimate of drug-likeness (QED) is 0.935. The highest BCUT2D eigenvalue weighted by Crippen LogP contribution is 2.28. The Hall–Kier alpha value is -1.72. The van der Waals surface area contributed by atoms with Gasteiger partial charge in [0.2, 0.25) is 0 Å². The van der Waals surface area contributed by atoms with Crippen molar-refractivity contribution >= 4 is 0 Å². The number of rotatable bonds is 3. The molecule has 2 aromatic rings. The van der Waals surface area contributed by atoms with Crippen molar-refractivity contribution in [3.8, 4) is 5.69 Å². The lowest BCUT2D eigenvalue weighted by atomic mass is 9.97. The Labute approximate surface area is 117 Å². The van der Waals surface area contributed by atoms with Crippen molar-refractivity contribution in [2.75, 3.05) is 13.2 Å². The molecular formula is C15H18FN3O. The van der Waals surface area contributed by atoms with Crippen LogP contribution in [0.4, 0.5) is 4.39 Å². The van der Waals surface area contributed by atoms with Crippen molar-refractivity contribution < 1.29 is 9.13 Å². The van der Waals surface area contributed by atoms with E-state index in [9.17, 15) is 4.39 Å². The first-order valence-electron chi connectivity index (χ1n) is 6.79. The number of hydrogen-bond acceptors (Lipinski definition) is 3. The number of benzene rings is 1. The maximum Gasteiger partial charge on any atom is 0.123 e. The lowest BCUT2D eigenvalue weighted by Crippen LogP contribution is -2.24. The molecule has 106 valence electrons. The van der Waals surface area contributed by atoms with Crippen molar-refractivity contribution in [1.82, 2.24) is 9.55 Å². The van der Waals surface area contributed by atoms with Gasteiger partial charge in [0.15, 0.2) is 0 Å². The van der Waals surface area contributed by atoms with Gasteiger partial charge in [-0.25, -0.2) is 9.37 Å². The second-order valence-corrected chi connectivity index (χ2v) is 5.27. The molecule has 0 amide bonds. The van der Waals surface area contributed by atoms with Crippen LogP contribution in [0.1, 0.15) is 23.7 Å². The van der Waals surface area contributed by atoms with Gasteiger partial charge in [0.1, 0.15) is 5.82 Å². The summed E-state index contributed by atoms with van der Waals surface area (Å²) in [4.78, 5) is 4.20. The van der Waals surface area contributed by atoms with Crippen LogP contribution in [0.25, 0.3) is 5.69 Å². The minimum absolute atomic E-state index is 0.121. The molecule has 1 fully saturated rings. The van der Waals surface area contributed by atoms with E-state index in [0.29, 0.717) is 12.5 Å². The number of hydrogen-bond donors (Lipinski definition) is 1. The minimum Gasteiger partial charge on any atom is -0.381 e. The maximum atomic E-state index is 13.2. The van der Waals surface area contributed by atoms with E-state index in [1.165, 1.54) is 12.1 Å². The molecular weight excluding hydrogens is 257 g/mol. The number of ether oxygens (including phenoxy) is 1. The zero-order valence-electron chi connectivity index (χ0n) is 11.4. The molecule has 0 radical (unpaired) electrons. The third kappa shape index (κ3) is 2.34. The maximum absolute atomic E-state index is 13.2. The van der Waals surface area contributed by atoms with Gasteiger partial charge >= 0.3 is 0 Å². The van der Waals surface area contributed by atoms with Crippen molar-refractivity contribution in [3.05, 3.63) is 47.8 Å². The molecule has 0 bridgehead atoms. The van der Waals surface area contributed by atoms with E-state index < -0.39 is 0 Å². The van der Waals surface area contributed by atoms with Crippen LogP contribution >= 0.6 is 0 Å². The lowest BCUT2D eigenvalue weighted by Gasteiger charge is -2.20. The first kappa shape index (κ1) is 13.3. The fourth-order valence-corrected chi connectivity index (χ4v) is 2.72. The normalized spacial score (nSPS) is 20.2. The molecule has 20 heavy (non-hydrogen) atoms. The van der Waals surface area contributed by atoms with E-state index in [2.05, 4.69) is 4.98 Å². The van der Waals surface area contributed by atoms with E-state index in [4.69, 9.17) is 10.5 Å². The van der Waals surface area contributed by atoms with Gasteiger partial charge in [0.25, 0.3) is 0 Å². The number of nitrogens with two attached hydrogens (primary N) is 1. The van der Waals surface area contributed by atoms with Crippen molar-refractivity contribution in [1.29, 1.82) is 0 Å². The van der Waals surface area contributed by atoms with Crippen molar-refractivity contribution in [2.24, 2.45) is 11.7 Å². The first-order chi connectivity index (χ1) is 9.66. The molecule has 1 aliphatic rings. The predicted octanol–water partition coefficient (Wildman–Crippen LogP) is 2.36. The summed E-state index contributed by atoms with van der Waals surface area (Å²) < 4.78 is 20.6. The molecule has 1 saturated heterocycles. The van der Waals surface area contributed by atoms with Crippen LogP contribution in [0.5, 0.6) is 0 Å². The second kappa shape index (κ2) is 5.34. The predicted molar refractivity (Wildman–Crippen MR) is 74.1 cm³/mol. The van der Waals surface area contributed by atoms with Crippen LogP contribution in [0.15, 0.2) is 30.7 Å². The van der Waals surface area contributed by atoms with Crippen molar-refractivity contribution in [3.63, 3.8) is 0 Å². The summed E-state index contributed by atoms with van der Waals surface area (Å²) in [6.45, 7) is 3.34. The highest BCUT2D eigenvalue weighted by Gasteiger charge is 2.26. The molecule has 1 aromatic heterocycles. The van der Waals surface area contributed by atoms with Crippen LogP contribution < -0.4 is 5.73 Å². The Morgan fingerprint density at radius 1 is 1.50 bits per heavy atom. The van der Waals surface area contributed by atoms with Crippen LogP contribution in [0, 0.1) is 18.7 Å². The number of imidazole rings is 1. The molecule has 5 heteroatoms. The molecule has 4 nitrogen and oxygen atoms in total. The molecule has 0 aliphatic carbocycles. The van der Waals surface area contributed by atoms with Gasteiger partial charge in [-0.2, -0.15) is 0 Å². The first-order valence-corrected chi connectivity index (χ1v) is 6.79. The fraction of sp³-hybridized carbons (Fsp3) is 0.400. The number of aryl methyl sites for hydroxylation is 1. The van der Waals surface area contributed by atoms with Gasteiger partial charge in [0, 0.05) is 18.2 Å². The molecule has 2 unspecified atom stereocenters. The number of halogens is 1. The molecule has 1 aliphatic heterocycles. The zero-order chi connectivity index (χ0) is 14.1. The smallest absolute Gasteiger partial charge is 0.123 e. The summed E-state index contributed by atoms with van der Waals surface area (Å²) >= 11 is 0. The number of nitrogens with zero attached hydrogens (tertiary/aromatic N) is 2. The topological polar surface area (TPSA) is 53.1 Å². The average Bonchev–Trinajstić information content (AvgIpc) is 3.09. The highest BCUT2D eigenvalue weighted by molar-refractivity contribution is 5.42. The van der Waals surface area contributed by atoms with E-state index in [1.807, 2.05) is 11.5 Å². The van der Waals surface area contributed by atoms with Gasteiger partial charge in [-0.1, -0.05) is 0 Å². The van der Waals surface area contributed by atoms with E-state index >= 15 is 0 Å². The lowest BCUT2D eigenvalue weighted by molar-refractivity contribution is 0.180. The van der Waals surface area contributed by atoms with Gasteiger partial charge in [-0.05, 0) is 37.1 Å². The van der Waals surface area contributed by atoms with Gasteiger partial charge in [-0.3, -0.25) is 0 Å². The summed E-state index contributed by atoms with van der Waals surface area (Å²) in [5, 5.41) is 0. The van der Waals surface area contributed by atoms with Crippen LogP contribution in [-0.4, -0.2) is 22.8 Å². The second-order valence-electron chi connectivity index (χ2n) is 5.27. The molecule has 3 rings (SSSR count). The summed E-state index contributed by atoms with van der Waals surface area (Å²) in [6, 6.07) is 4.61. The van der Waals surface area contributed by atoms with E-state index in [0.717, 1.165) is 30.0 Å². The van der Waals surface area contributed by atoms with Crippen LogP contribution in [0.2, 0.25) is 0 Å². The standard InChI is InChI=1S/C15H18FN3O/c1-10-6-12(16)2-3-13(10)19-9-18-7-14(19)15(17)11-4-5-20-8-11/h2-3,6-7,9,11,15H,4-5,8,17H2,1H3. The van der Waals surface area contributed by atoms with Crippen molar-refractivity contribution in [2.45, 2.75) is 19.4 Å². The third-order valence-corrected chi connectivity index (χ3v) is 3.90. The Bertz CT molecular complexity index is 605. The average molecular weight is 275 g/mol. The Morgan fingerprint density at radius 2 is 2.35 bits per heavy atom. The number of aromatic nitrogens is 2. The molecule has 2 heterocycles. The Kier molecular flexibility index (Phi) is 3.54. The molecule has 2 N–H and O–H groups in total. The monoisotopic (exact) mass is 275 g/mol.